The molecule has 0 saturated carbocycles. The fraction of sp³-hybridized carbons (Fsp3) is 0.167. The number of nitrogens with two attached hydrogens (primary N) is 1. The van der Waals surface area contributed by atoms with Crippen LogP contribution in [0.15, 0.2) is 18.2 Å². The zero-order valence-corrected chi connectivity index (χ0v) is 11.2. The van der Waals surface area contributed by atoms with Crippen molar-refractivity contribution in [2.75, 3.05) is 18.2 Å². The zero-order valence-electron chi connectivity index (χ0n) is 10.5. The Kier molecular flexibility index (Phi) is 3.62. The molecule has 4 N–H and O–H groups in total. The highest BCUT2D eigenvalue weighted by Crippen LogP contribution is 2.25. The zero-order chi connectivity index (χ0) is 14.0. The number of ether oxygens (including phenoxy) is 1. The second-order valence-electron chi connectivity index (χ2n) is 3.91. The van der Waals surface area contributed by atoms with E-state index in [4.69, 9.17) is 22.1 Å². The topological polar surface area (TPSA) is 93.0 Å². The van der Waals surface area contributed by atoms with Gasteiger partial charge in [-0.2, -0.15) is 5.10 Å². The SMILES string of the molecule is COc1cc(Cl)ccc1C(=O)Nc1n[nH]c(C)c1N. The van der Waals surface area contributed by atoms with Crippen LogP contribution in [0.5, 0.6) is 5.75 Å². The van der Waals surface area contributed by atoms with Crippen molar-refractivity contribution in [2.24, 2.45) is 0 Å². The van der Waals surface area contributed by atoms with Gasteiger partial charge in [-0.3, -0.25) is 9.89 Å². The number of nitrogen functional groups attached to an aromatic ring is 1. The Morgan fingerprint density at radius 2 is 2.26 bits per heavy atom. The monoisotopic (exact) mass is 280 g/mol. The molecule has 19 heavy (non-hydrogen) atoms. The van der Waals surface area contributed by atoms with E-state index in [0.717, 1.165) is 0 Å². The minimum atomic E-state index is -0.369. The van der Waals surface area contributed by atoms with Gasteiger partial charge in [-0.05, 0) is 25.1 Å². The van der Waals surface area contributed by atoms with Gasteiger partial charge in [0.15, 0.2) is 5.82 Å². The van der Waals surface area contributed by atoms with Crippen LogP contribution in [0, 0.1) is 6.92 Å². The van der Waals surface area contributed by atoms with Gasteiger partial charge in [0.25, 0.3) is 5.91 Å². The average Bonchev–Trinajstić information content (AvgIpc) is 2.70. The minimum absolute atomic E-state index is 0.291. The maximum Gasteiger partial charge on any atom is 0.260 e. The molecular weight excluding hydrogens is 268 g/mol. The molecule has 0 bridgehead atoms. The number of aromatic amines is 1. The second-order valence-corrected chi connectivity index (χ2v) is 4.35. The summed E-state index contributed by atoms with van der Waals surface area (Å²) in [7, 11) is 1.47. The third-order valence-corrected chi connectivity index (χ3v) is 2.87. The number of methoxy groups -OCH3 is 1. The smallest absolute Gasteiger partial charge is 0.260 e. The lowest BCUT2D eigenvalue weighted by Crippen LogP contribution is -2.14. The number of benzene rings is 1. The van der Waals surface area contributed by atoms with Gasteiger partial charge in [-0.25, -0.2) is 0 Å². The number of rotatable bonds is 3. The van der Waals surface area contributed by atoms with Crippen molar-refractivity contribution in [3.8, 4) is 5.75 Å². The molecule has 0 saturated heterocycles. The first-order chi connectivity index (χ1) is 9.02. The van der Waals surface area contributed by atoms with E-state index in [0.29, 0.717) is 33.5 Å². The van der Waals surface area contributed by atoms with Crippen LogP contribution in [0.25, 0.3) is 0 Å². The number of nitrogens with zero attached hydrogens (tertiary/aromatic N) is 1. The van der Waals surface area contributed by atoms with E-state index in [1.165, 1.54) is 7.11 Å². The van der Waals surface area contributed by atoms with E-state index in [-0.39, 0.29) is 5.91 Å². The number of nitrogens with one attached hydrogen (secondary N) is 2. The van der Waals surface area contributed by atoms with Crippen LogP contribution in [0.4, 0.5) is 11.5 Å². The molecule has 1 aromatic heterocycles. The standard InChI is InChI=1S/C12H13ClN4O2/c1-6-10(14)11(17-16-6)15-12(18)8-4-3-7(13)5-9(8)19-2/h3-5H,14H2,1-2H3,(H2,15,16,17,18). The summed E-state index contributed by atoms with van der Waals surface area (Å²) in [6.45, 7) is 1.76. The summed E-state index contributed by atoms with van der Waals surface area (Å²) in [6, 6.07) is 4.75. The third kappa shape index (κ3) is 2.63. The number of carbonyl (C=O) groups is 1. The molecule has 0 unspecified atom stereocenters. The van der Waals surface area contributed by atoms with E-state index >= 15 is 0 Å². The predicted octanol–water partition coefficient (Wildman–Crippen LogP) is 2.21. The Balaban J connectivity index is 2.27. The average molecular weight is 281 g/mol. The van der Waals surface area contributed by atoms with Crippen LogP contribution < -0.4 is 15.8 Å². The predicted molar refractivity (Wildman–Crippen MR) is 73.7 cm³/mol. The molecule has 2 rings (SSSR count). The number of carbonyl (C=O) groups excluding carboxylic acids is 1. The Morgan fingerprint density at radius 3 is 2.84 bits per heavy atom. The molecule has 7 heteroatoms. The van der Waals surface area contributed by atoms with Crippen molar-refractivity contribution in [3.63, 3.8) is 0 Å². The molecule has 1 aromatic carbocycles. The molecule has 0 radical (unpaired) electrons. The molecule has 0 spiro atoms. The minimum Gasteiger partial charge on any atom is -0.496 e. The van der Waals surface area contributed by atoms with Crippen molar-refractivity contribution in [1.82, 2.24) is 10.2 Å². The first-order valence-corrected chi connectivity index (χ1v) is 5.86. The van der Waals surface area contributed by atoms with Crippen LogP contribution in [0.2, 0.25) is 5.02 Å². The van der Waals surface area contributed by atoms with Gasteiger partial charge in [0.2, 0.25) is 0 Å². The number of hydrogen-bond acceptors (Lipinski definition) is 4. The van der Waals surface area contributed by atoms with Gasteiger partial charge >= 0.3 is 0 Å². The van der Waals surface area contributed by atoms with E-state index in [9.17, 15) is 4.79 Å². The molecule has 0 aliphatic rings. The lowest BCUT2D eigenvalue weighted by molar-refractivity contribution is 0.102. The summed E-state index contributed by atoms with van der Waals surface area (Å²) in [5, 5.41) is 9.70. The molecule has 6 nitrogen and oxygen atoms in total. The number of H-pyrrole nitrogens is 1. The van der Waals surface area contributed by atoms with Crippen molar-refractivity contribution >= 4 is 29.0 Å². The molecule has 2 aromatic rings. The first kappa shape index (κ1) is 13.2. The van der Waals surface area contributed by atoms with Crippen molar-refractivity contribution in [2.45, 2.75) is 6.92 Å². The Bertz CT molecular complexity index is 624. The summed E-state index contributed by atoms with van der Waals surface area (Å²) in [6.07, 6.45) is 0. The van der Waals surface area contributed by atoms with Crippen molar-refractivity contribution < 1.29 is 9.53 Å². The number of amides is 1. The summed E-state index contributed by atoms with van der Waals surface area (Å²) < 4.78 is 5.12. The van der Waals surface area contributed by atoms with E-state index in [1.807, 2.05) is 0 Å². The number of anilines is 2. The van der Waals surface area contributed by atoms with Gasteiger partial charge in [-0.1, -0.05) is 11.6 Å². The van der Waals surface area contributed by atoms with E-state index in [2.05, 4.69) is 15.5 Å². The van der Waals surface area contributed by atoms with Crippen molar-refractivity contribution in [1.29, 1.82) is 0 Å². The Hall–Kier alpha value is -2.21. The molecule has 0 aliphatic heterocycles. The second kappa shape index (κ2) is 5.19. The number of aromatic nitrogens is 2. The number of halogens is 1. The summed E-state index contributed by atoms with van der Waals surface area (Å²) in [5.41, 5.74) is 7.21. The third-order valence-electron chi connectivity index (χ3n) is 2.63. The quantitative estimate of drug-likeness (QED) is 0.803. The Morgan fingerprint density at radius 1 is 1.53 bits per heavy atom. The molecule has 1 amide bonds. The highest BCUT2D eigenvalue weighted by molar-refractivity contribution is 6.31. The maximum atomic E-state index is 12.1. The maximum absolute atomic E-state index is 12.1. The van der Waals surface area contributed by atoms with E-state index < -0.39 is 0 Å². The van der Waals surface area contributed by atoms with Gasteiger partial charge in [0.1, 0.15) is 5.75 Å². The van der Waals surface area contributed by atoms with Crippen molar-refractivity contribution in [3.05, 3.63) is 34.5 Å². The molecule has 1 heterocycles. The fourth-order valence-electron chi connectivity index (χ4n) is 1.56. The first-order valence-electron chi connectivity index (χ1n) is 5.48. The lowest BCUT2D eigenvalue weighted by atomic mass is 10.2. The van der Waals surface area contributed by atoms with Crippen LogP contribution in [0.3, 0.4) is 0 Å². The highest BCUT2D eigenvalue weighted by Gasteiger charge is 2.16. The summed E-state index contributed by atoms with van der Waals surface area (Å²) >= 11 is 5.84. The summed E-state index contributed by atoms with van der Waals surface area (Å²) in [4.78, 5) is 12.1. The lowest BCUT2D eigenvalue weighted by Gasteiger charge is -2.08. The Labute approximate surface area is 114 Å². The largest absolute Gasteiger partial charge is 0.496 e. The van der Waals surface area contributed by atoms with Crippen LogP contribution >= 0.6 is 11.6 Å². The molecule has 0 fully saturated rings. The fourth-order valence-corrected chi connectivity index (χ4v) is 1.72. The van der Waals surface area contributed by atoms with Gasteiger partial charge in [-0.15, -0.1) is 0 Å². The van der Waals surface area contributed by atoms with Gasteiger partial charge in [0.05, 0.1) is 24.1 Å². The highest BCUT2D eigenvalue weighted by atomic mass is 35.5. The van der Waals surface area contributed by atoms with Gasteiger partial charge in [0, 0.05) is 5.02 Å². The molecule has 0 aliphatic carbocycles. The number of hydrogen-bond donors (Lipinski definition) is 3. The van der Waals surface area contributed by atoms with Crippen LogP contribution in [0.1, 0.15) is 16.1 Å². The normalized spacial score (nSPS) is 10.3. The molecule has 0 atom stereocenters. The van der Waals surface area contributed by atoms with Crippen LogP contribution in [-0.2, 0) is 0 Å². The molecular formula is C12H13ClN4O2. The number of aryl methyl sites for hydroxylation is 1. The van der Waals surface area contributed by atoms with Crippen LogP contribution in [-0.4, -0.2) is 23.2 Å². The molecule has 100 valence electrons. The van der Waals surface area contributed by atoms with Gasteiger partial charge < -0.3 is 15.8 Å². The summed E-state index contributed by atoms with van der Waals surface area (Å²) in [5.74, 6) is 0.307. The van der Waals surface area contributed by atoms with E-state index in [1.54, 1.807) is 25.1 Å².